The molecule has 0 aliphatic rings. The van der Waals surface area contributed by atoms with Gasteiger partial charge in [-0.1, -0.05) is 0 Å². The van der Waals surface area contributed by atoms with Crippen molar-refractivity contribution >= 4 is 11.9 Å². The molecular weight excluding hydrogens is 278 g/mol. The van der Waals surface area contributed by atoms with Gasteiger partial charge in [0.25, 0.3) is 5.91 Å². The van der Waals surface area contributed by atoms with Crippen molar-refractivity contribution in [3.05, 3.63) is 24.3 Å². The zero-order valence-electron chi connectivity index (χ0n) is 11.9. The molecule has 1 aromatic rings. The van der Waals surface area contributed by atoms with Gasteiger partial charge >= 0.3 is 5.97 Å². The van der Waals surface area contributed by atoms with Crippen LogP contribution in [0.2, 0.25) is 0 Å². The number of benzene rings is 1. The van der Waals surface area contributed by atoms with Crippen molar-refractivity contribution in [1.29, 1.82) is 0 Å². The summed E-state index contributed by atoms with van der Waals surface area (Å²) < 4.78 is 10.4. The molecule has 2 atom stereocenters. The lowest BCUT2D eigenvalue weighted by Gasteiger charge is -2.15. The summed E-state index contributed by atoms with van der Waals surface area (Å²) in [6.45, 7) is 1.63. The van der Waals surface area contributed by atoms with Gasteiger partial charge in [-0.25, -0.2) is 4.79 Å². The number of rotatable bonds is 8. The van der Waals surface area contributed by atoms with Gasteiger partial charge in [0.15, 0.2) is 12.2 Å². The molecule has 0 bridgehead atoms. The van der Waals surface area contributed by atoms with Crippen molar-refractivity contribution in [1.82, 2.24) is 5.32 Å². The lowest BCUT2D eigenvalue weighted by molar-refractivity contribution is -0.147. The fourth-order valence-electron chi connectivity index (χ4n) is 1.51. The number of carboxylic acid groups (broad SMARTS) is 1. The highest BCUT2D eigenvalue weighted by Gasteiger charge is 2.16. The monoisotopic (exact) mass is 297 g/mol. The van der Waals surface area contributed by atoms with Gasteiger partial charge in [0.2, 0.25) is 0 Å². The van der Waals surface area contributed by atoms with Crippen LogP contribution in [0.15, 0.2) is 24.3 Å². The maximum atomic E-state index is 11.7. The number of ether oxygens (including phenoxy) is 2. The summed E-state index contributed by atoms with van der Waals surface area (Å²) in [6, 6.07) is 6.78. The molecule has 0 fully saturated rings. The van der Waals surface area contributed by atoms with Crippen LogP contribution in [0.3, 0.4) is 0 Å². The van der Waals surface area contributed by atoms with E-state index in [0.717, 1.165) is 0 Å². The average Bonchev–Trinajstić information content (AvgIpc) is 2.47. The number of carbonyl (C=O) groups excluding carboxylic acids is 1. The molecule has 0 saturated carbocycles. The Morgan fingerprint density at radius 3 is 2.33 bits per heavy atom. The van der Waals surface area contributed by atoms with E-state index in [2.05, 4.69) is 5.32 Å². The van der Waals surface area contributed by atoms with Crippen molar-refractivity contribution in [2.45, 2.75) is 25.6 Å². The maximum absolute atomic E-state index is 11.7. The molecule has 0 aliphatic heterocycles. The number of amides is 1. The lowest BCUT2D eigenvalue weighted by Crippen LogP contribution is -2.38. The van der Waals surface area contributed by atoms with Crippen LogP contribution in [-0.4, -0.2) is 48.0 Å². The molecule has 0 spiro atoms. The molecule has 1 aromatic carbocycles. The predicted octanol–water partition coefficient (Wildman–Crippen LogP) is 0.414. The second-order valence-corrected chi connectivity index (χ2v) is 4.37. The van der Waals surface area contributed by atoms with Gasteiger partial charge in [-0.15, -0.1) is 0 Å². The Bertz CT molecular complexity index is 473. The van der Waals surface area contributed by atoms with Crippen molar-refractivity contribution < 1.29 is 29.3 Å². The van der Waals surface area contributed by atoms with Crippen LogP contribution in [0.4, 0.5) is 0 Å². The molecule has 0 heterocycles. The lowest BCUT2D eigenvalue weighted by atomic mass is 10.2. The number of nitrogens with one attached hydrogen (secondary N) is 1. The molecule has 7 nitrogen and oxygen atoms in total. The van der Waals surface area contributed by atoms with E-state index in [0.29, 0.717) is 11.5 Å². The van der Waals surface area contributed by atoms with Gasteiger partial charge in [0, 0.05) is 13.0 Å². The zero-order valence-corrected chi connectivity index (χ0v) is 11.9. The van der Waals surface area contributed by atoms with Crippen LogP contribution in [-0.2, 0) is 9.59 Å². The highest BCUT2D eigenvalue weighted by atomic mass is 16.5. The molecule has 21 heavy (non-hydrogen) atoms. The molecule has 116 valence electrons. The highest BCUT2D eigenvalue weighted by Crippen LogP contribution is 2.18. The van der Waals surface area contributed by atoms with Gasteiger partial charge in [0.05, 0.1) is 7.11 Å². The number of aliphatic hydroxyl groups is 1. The first-order valence-electron chi connectivity index (χ1n) is 6.43. The topological polar surface area (TPSA) is 105 Å². The van der Waals surface area contributed by atoms with Crippen LogP contribution < -0.4 is 14.8 Å². The standard InChI is InChI=1S/C14H19NO6/c1-9(13(17)15-8-7-12(16)14(18)19)21-11-5-3-10(20-2)4-6-11/h3-6,9,12,16H,7-8H2,1-2H3,(H,15,17)(H,18,19). The first kappa shape index (κ1) is 16.8. The summed E-state index contributed by atoms with van der Waals surface area (Å²) in [5.74, 6) is -0.499. The van der Waals surface area contributed by atoms with Crippen LogP contribution in [0.25, 0.3) is 0 Å². The van der Waals surface area contributed by atoms with E-state index in [-0.39, 0.29) is 18.9 Å². The van der Waals surface area contributed by atoms with Gasteiger partial charge in [-0.3, -0.25) is 4.79 Å². The minimum atomic E-state index is -1.48. The number of carboxylic acids is 1. The number of aliphatic hydroxyl groups excluding tert-OH is 1. The molecular formula is C14H19NO6. The minimum absolute atomic E-state index is 0.0581. The zero-order chi connectivity index (χ0) is 15.8. The van der Waals surface area contributed by atoms with E-state index in [1.54, 1.807) is 38.3 Å². The van der Waals surface area contributed by atoms with Crippen LogP contribution in [0.5, 0.6) is 11.5 Å². The Morgan fingerprint density at radius 2 is 1.81 bits per heavy atom. The molecule has 2 unspecified atom stereocenters. The quantitative estimate of drug-likeness (QED) is 0.642. The summed E-state index contributed by atoms with van der Waals surface area (Å²) in [5.41, 5.74) is 0. The largest absolute Gasteiger partial charge is 0.497 e. The normalized spacial score (nSPS) is 13.1. The third-order valence-corrected chi connectivity index (χ3v) is 2.74. The molecule has 3 N–H and O–H groups in total. The fourth-order valence-corrected chi connectivity index (χ4v) is 1.51. The molecule has 0 aliphatic carbocycles. The van der Waals surface area contributed by atoms with Crippen LogP contribution in [0.1, 0.15) is 13.3 Å². The fraction of sp³-hybridized carbons (Fsp3) is 0.429. The molecule has 1 amide bonds. The summed E-state index contributed by atoms with van der Waals surface area (Å²) in [6.07, 6.45) is -2.28. The highest BCUT2D eigenvalue weighted by molar-refractivity contribution is 5.80. The van der Waals surface area contributed by atoms with Crippen molar-refractivity contribution in [2.75, 3.05) is 13.7 Å². The van der Waals surface area contributed by atoms with Crippen LogP contribution >= 0.6 is 0 Å². The molecule has 1 rings (SSSR count). The van der Waals surface area contributed by atoms with Gasteiger partial charge < -0.3 is 25.0 Å². The Labute approximate surface area is 122 Å². The third-order valence-electron chi connectivity index (χ3n) is 2.74. The van der Waals surface area contributed by atoms with E-state index in [4.69, 9.17) is 19.7 Å². The summed E-state index contributed by atoms with van der Waals surface area (Å²) in [7, 11) is 1.55. The van der Waals surface area contributed by atoms with Crippen molar-refractivity contribution in [2.24, 2.45) is 0 Å². The van der Waals surface area contributed by atoms with E-state index >= 15 is 0 Å². The second kappa shape index (κ2) is 8.11. The Kier molecular flexibility index (Phi) is 6.48. The second-order valence-electron chi connectivity index (χ2n) is 4.37. The first-order valence-corrected chi connectivity index (χ1v) is 6.43. The molecule has 0 radical (unpaired) electrons. The molecule has 0 saturated heterocycles. The minimum Gasteiger partial charge on any atom is -0.497 e. The SMILES string of the molecule is COc1ccc(OC(C)C(=O)NCCC(O)C(=O)O)cc1. The smallest absolute Gasteiger partial charge is 0.332 e. The Morgan fingerprint density at radius 1 is 1.24 bits per heavy atom. The van der Waals surface area contributed by atoms with E-state index in [9.17, 15) is 9.59 Å². The van der Waals surface area contributed by atoms with E-state index in [1.807, 2.05) is 0 Å². The number of carbonyl (C=O) groups is 2. The maximum Gasteiger partial charge on any atom is 0.332 e. The summed E-state index contributed by atoms with van der Waals surface area (Å²) >= 11 is 0. The van der Waals surface area contributed by atoms with Crippen molar-refractivity contribution in [3.63, 3.8) is 0 Å². The van der Waals surface area contributed by atoms with Crippen LogP contribution in [0, 0.1) is 0 Å². The Balaban J connectivity index is 2.38. The predicted molar refractivity (Wildman–Crippen MR) is 74.4 cm³/mol. The summed E-state index contributed by atoms with van der Waals surface area (Å²) in [4.78, 5) is 22.1. The first-order chi connectivity index (χ1) is 9.93. The van der Waals surface area contributed by atoms with Gasteiger partial charge in [-0.05, 0) is 31.2 Å². The van der Waals surface area contributed by atoms with Crippen molar-refractivity contribution in [3.8, 4) is 11.5 Å². The number of methoxy groups -OCH3 is 1. The molecule has 7 heteroatoms. The third kappa shape index (κ3) is 5.70. The van der Waals surface area contributed by atoms with E-state index < -0.39 is 18.2 Å². The number of hydrogen-bond donors (Lipinski definition) is 3. The number of hydrogen-bond acceptors (Lipinski definition) is 5. The average molecular weight is 297 g/mol. The van der Waals surface area contributed by atoms with E-state index in [1.165, 1.54) is 0 Å². The summed E-state index contributed by atoms with van der Waals surface area (Å²) in [5, 5.41) is 20.1. The van der Waals surface area contributed by atoms with Gasteiger partial charge in [-0.2, -0.15) is 0 Å². The van der Waals surface area contributed by atoms with Gasteiger partial charge in [0.1, 0.15) is 11.5 Å². The molecule has 0 aromatic heterocycles. The Hall–Kier alpha value is -2.28. The number of aliphatic carboxylic acids is 1.